The van der Waals surface area contributed by atoms with Crippen molar-refractivity contribution >= 4 is 28.1 Å². The van der Waals surface area contributed by atoms with Crippen LogP contribution in [0.1, 0.15) is 22.7 Å². The van der Waals surface area contributed by atoms with Crippen LogP contribution in [-0.4, -0.2) is 15.1 Å². The number of phenols is 1. The van der Waals surface area contributed by atoms with Crippen molar-refractivity contribution in [3.8, 4) is 5.75 Å². The first-order chi connectivity index (χ1) is 12.2. The molecule has 0 aliphatic heterocycles. The van der Waals surface area contributed by atoms with Gasteiger partial charge < -0.3 is 10.4 Å². The standard InChI is InChI=1S/C20H17N3OS/c1-13-6-9-21-17(11-13)23-18(15-7-10-25-12-15)16-5-4-14-3-2-8-22-19(14)20(16)24/h2-12,18,24H,1H3,(H,21,23)/t18-/m1/s1. The van der Waals surface area contributed by atoms with E-state index in [1.165, 1.54) is 0 Å². The Morgan fingerprint density at radius 1 is 1.08 bits per heavy atom. The van der Waals surface area contributed by atoms with Crippen molar-refractivity contribution in [2.75, 3.05) is 5.32 Å². The van der Waals surface area contributed by atoms with Gasteiger partial charge in [-0.3, -0.25) is 4.98 Å². The summed E-state index contributed by atoms with van der Waals surface area (Å²) in [5, 5.41) is 19.3. The number of aryl methyl sites for hydroxylation is 1. The predicted molar refractivity (Wildman–Crippen MR) is 102 cm³/mol. The average molecular weight is 347 g/mol. The molecular weight excluding hydrogens is 330 g/mol. The van der Waals surface area contributed by atoms with E-state index in [0.29, 0.717) is 5.52 Å². The average Bonchev–Trinajstić information content (AvgIpc) is 3.15. The zero-order valence-electron chi connectivity index (χ0n) is 13.7. The molecule has 5 heteroatoms. The van der Waals surface area contributed by atoms with Crippen molar-refractivity contribution in [1.82, 2.24) is 9.97 Å². The van der Waals surface area contributed by atoms with Crippen LogP contribution < -0.4 is 5.32 Å². The molecule has 1 atom stereocenters. The minimum absolute atomic E-state index is 0.202. The third-order valence-electron chi connectivity index (χ3n) is 4.17. The summed E-state index contributed by atoms with van der Waals surface area (Å²) >= 11 is 1.63. The molecule has 4 aromatic rings. The van der Waals surface area contributed by atoms with Gasteiger partial charge >= 0.3 is 0 Å². The van der Waals surface area contributed by atoms with E-state index < -0.39 is 0 Å². The van der Waals surface area contributed by atoms with Gasteiger partial charge in [0, 0.05) is 23.3 Å². The van der Waals surface area contributed by atoms with Crippen molar-refractivity contribution in [2.24, 2.45) is 0 Å². The van der Waals surface area contributed by atoms with Gasteiger partial charge in [-0.2, -0.15) is 11.3 Å². The number of benzene rings is 1. The zero-order chi connectivity index (χ0) is 17.2. The summed E-state index contributed by atoms with van der Waals surface area (Å²) in [5.74, 6) is 0.978. The number of phenolic OH excluding ortho intramolecular Hbond substituents is 1. The molecular formula is C20H17N3OS. The van der Waals surface area contributed by atoms with Crippen LogP contribution in [0, 0.1) is 6.92 Å². The molecule has 0 amide bonds. The molecule has 0 aliphatic rings. The number of hydrogen-bond donors (Lipinski definition) is 2. The lowest BCUT2D eigenvalue weighted by Crippen LogP contribution is -2.13. The van der Waals surface area contributed by atoms with Crippen LogP contribution in [0.5, 0.6) is 5.75 Å². The van der Waals surface area contributed by atoms with E-state index in [1.54, 1.807) is 23.7 Å². The van der Waals surface area contributed by atoms with E-state index in [4.69, 9.17) is 0 Å². The minimum Gasteiger partial charge on any atom is -0.505 e. The molecule has 3 aromatic heterocycles. The van der Waals surface area contributed by atoms with Crippen LogP contribution in [0.3, 0.4) is 0 Å². The molecule has 0 unspecified atom stereocenters. The topological polar surface area (TPSA) is 58.0 Å². The fraction of sp³-hybridized carbons (Fsp3) is 0.100. The van der Waals surface area contributed by atoms with Gasteiger partial charge in [-0.25, -0.2) is 4.98 Å². The van der Waals surface area contributed by atoms with Crippen LogP contribution >= 0.6 is 11.3 Å². The fourth-order valence-electron chi connectivity index (χ4n) is 2.92. The molecule has 0 fully saturated rings. The Morgan fingerprint density at radius 2 is 2.00 bits per heavy atom. The van der Waals surface area contributed by atoms with Crippen molar-refractivity contribution in [2.45, 2.75) is 13.0 Å². The summed E-state index contributed by atoms with van der Waals surface area (Å²) in [6, 6.07) is 13.6. The van der Waals surface area contributed by atoms with Gasteiger partial charge in [-0.15, -0.1) is 0 Å². The monoisotopic (exact) mass is 347 g/mol. The first-order valence-corrected chi connectivity index (χ1v) is 8.94. The summed E-state index contributed by atoms with van der Waals surface area (Å²) in [7, 11) is 0. The number of nitrogens with zero attached hydrogens (tertiary/aromatic N) is 2. The molecule has 2 N–H and O–H groups in total. The number of aromatic nitrogens is 2. The van der Waals surface area contributed by atoms with Crippen molar-refractivity contribution in [3.63, 3.8) is 0 Å². The number of anilines is 1. The highest BCUT2D eigenvalue weighted by Gasteiger charge is 2.20. The Kier molecular flexibility index (Phi) is 4.07. The van der Waals surface area contributed by atoms with E-state index in [9.17, 15) is 5.11 Å². The van der Waals surface area contributed by atoms with E-state index in [2.05, 4.69) is 26.7 Å². The van der Waals surface area contributed by atoms with Gasteiger partial charge in [0.1, 0.15) is 17.1 Å². The maximum Gasteiger partial charge on any atom is 0.147 e. The second-order valence-corrected chi connectivity index (χ2v) is 6.71. The molecule has 3 heterocycles. The van der Waals surface area contributed by atoms with E-state index in [-0.39, 0.29) is 11.8 Å². The lowest BCUT2D eigenvalue weighted by Gasteiger charge is -2.21. The highest BCUT2D eigenvalue weighted by atomic mass is 32.1. The van der Waals surface area contributed by atoms with E-state index in [0.717, 1.165) is 27.9 Å². The molecule has 0 spiro atoms. The second-order valence-electron chi connectivity index (χ2n) is 5.93. The molecule has 124 valence electrons. The molecule has 4 rings (SSSR count). The zero-order valence-corrected chi connectivity index (χ0v) is 14.5. The number of thiophene rings is 1. The maximum absolute atomic E-state index is 10.8. The third-order valence-corrected chi connectivity index (χ3v) is 4.88. The first kappa shape index (κ1) is 15.6. The van der Waals surface area contributed by atoms with Crippen molar-refractivity contribution in [3.05, 3.63) is 82.3 Å². The van der Waals surface area contributed by atoms with Crippen LogP contribution in [0.4, 0.5) is 5.82 Å². The van der Waals surface area contributed by atoms with Crippen LogP contribution in [-0.2, 0) is 0 Å². The van der Waals surface area contributed by atoms with Crippen LogP contribution in [0.15, 0.2) is 65.6 Å². The highest BCUT2D eigenvalue weighted by Crippen LogP contribution is 2.36. The Bertz CT molecular complexity index is 1010. The molecule has 4 nitrogen and oxygen atoms in total. The number of nitrogens with one attached hydrogen (secondary N) is 1. The van der Waals surface area contributed by atoms with Gasteiger partial charge in [0.05, 0.1) is 6.04 Å². The number of hydrogen-bond acceptors (Lipinski definition) is 5. The SMILES string of the molecule is Cc1ccnc(N[C@H](c2ccsc2)c2ccc3cccnc3c2O)c1. The normalized spacial score (nSPS) is 12.2. The van der Waals surface area contributed by atoms with Gasteiger partial charge in [-0.1, -0.05) is 18.2 Å². The Balaban J connectivity index is 1.83. The van der Waals surface area contributed by atoms with Crippen LogP contribution in [0.2, 0.25) is 0 Å². The number of aromatic hydroxyl groups is 1. The summed E-state index contributed by atoms with van der Waals surface area (Å²) in [5.41, 5.74) is 3.61. The number of fused-ring (bicyclic) bond motifs is 1. The first-order valence-electron chi connectivity index (χ1n) is 8.00. The smallest absolute Gasteiger partial charge is 0.147 e. The molecule has 0 radical (unpaired) electrons. The minimum atomic E-state index is -0.202. The summed E-state index contributed by atoms with van der Waals surface area (Å²) in [6.45, 7) is 2.03. The highest BCUT2D eigenvalue weighted by molar-refractivity contribution is 7.08. The van der Waals surface area contributed by atoms with Crippen molar-refractivity contribution < 1.29 is 5.11 Å². The number of pyridine rings is 2. The molecule has 25 heavy (non-hydrogen) atoms. The Hall–Kier alpha value is -2.92. The van der Waals surface area contributed by atoms with Gasteiger partial charge in [-0.05, 0) is 53.1 Å². The lowest BCUT2D eigenvalue weighted by atomic mass is 9.98. The van der Waals surface area contributed by atoms with Crippen LogP contribution in [0.25, 0.3) is 10.9 Å². The largest absolute Gasteiger partial charge is 0.505 e. The second kappa shape index (κ2) is 6.53. The number of rotatable bonds is 4. The van der Waals surface area contributed by atoms with Gasteiger partial charge in [0.25, 0.3) is 0 Å². The third kappa shape index (κ3) is 3.06. The summed E-state index contributed by atoms with van der Waals surface area (Å²) in [6.07, 6.45) is 3.48. The molecule has 0 bridgehead atoms. The van der Waals surface area contributed by atoms with E-state index >= 15 is 0 Å². The van der Waals surface area contributed by atoms with Crippen molar-refractivity contribution in [1.29, 1.82) is 0 Å². The molecule has 0 saturated carbocycles. The fourth-order valence-corrected chi connectivity index (χ4v) is 3.61. The van der Waals surface area contributed by atoms with Gasteiger partial charge in [0.15, 0.2) is 0 Å². The van der Waals surface area contributed by atoms with E-state index in [1.807, 2.05) is 48.7 Å². The molecule has 0 aliphatic carbocycles. The Labute approximate surface area is 149 Å². The molecule has 1 aromatic carbocycles. The predicted octanol–water partition coefficient (Wildman–Crippen LogP) is 4.91. The molecule has 0 saturated heterocycles. The summed E-state index contributed by atoms with van der Waals surface area (Å²) < 4.78 is 0. The summed E-state index contributed by atoms with van der Waals surface area (Å²) in [4.78, 5) is 8.74. The maximum atomic E-state index is 10.8. The lowest BCUT2D eigenvalue weighted by molar-refractivity contribution is 0.472. The Morgan fingerprint density at radius 3 is 2.80 bits per heavy atom. The van der Waals surface area contributed by atoms with Gasteiger partial charge in [0.2, 0.25) is 0 Å². The quantitative estimate of drug-likeness (QED) is 0.551.